The molecule has 104 valence electrons. The molecule has 0 bridgehead atoms. The molecule has 1 aliphatic rings. The maximum atomic E-state index is 10.7. The number of piperidine rings is 1. The van der Waals surface area contributed by atoms with Crippen molar-refractivity contribution in [3.8, 4) is 11.5 Å². The molecule has 0 aliphatic carbocycles. The summed E-state index contributed by atoms with van der Waals surface area (Å²) < 4.78 is 11.0. The van der Waals surface area contributed by atoms with Gasteiger partial charge in [0.15, 0.2) is 11.5 Å². The summed E-state index contributed by atoms with van der Waals surface area (Å²) in [6, 6.07) is 7.67. The number of likely N-dealkylation sites (tertiary alicyclic amines) is 1. The van der Waals surface area contributed by atoms with E-state index in [-0.39, 0.29) is 5.92 Å². The molecule has 0 unspecified atom stereocenters. The summed E-state index contributed by atoms with van der Waals surface area (Å²) in [5.74, 6) is 1.81. The zero-order valence-electron chi connectivity index (χ0n) is 11.4. The molecule has 4 nitrogen and oxygen atoms in total. The Morgan fingerprint density at radius 3 is 2.58 bits per heavy atom. The average Bonchev–Trinajstić information content (AvgIpc) is 2.48. The van der Waals surface area contributed by atoms with E-state index in [1.807, 2.05) is 24.3 Å². The van der Waals surface area contributed by atoms with Crippen LogP contribution < -0.4 is 9.47 Å². The highest BCUT2D eigenvalue weighted by atomic mass is 16.5. The van der Waals surface area contributed by atoms with Gasteiger partial charge in [-0.15, -0.1) is 0 Å². The molecule has 1 aromatic carbocycles. The molecule has 0 aromatic heterocycles. The molecule has 0 saturated carbocycles. The Kier molecular flexibility index (Phi) is 5.21. The van der Waals surface area contributed by atoms with Crippen LogP contribution in [0.25, 0.3) is 0 Å². The van der Waals surface area contributed by atoms with Crippen LogP contribution in [-0.4, -0.2) is 44.5 Å². The Hall–Kier alpha value is -1.55. The second kappa shape index (κ2) is 7.14. The Bertz CT molecular complexity index is 400. The summed E-state index contributed by atoms with van der Waals surface area (Å²) >= 11 is 0. The van der Waals surface area contributed by atoms with Crippen molar-refractivity contribution in [3.05, 3.63) is 24.3 Å². The molecule has 1 aromatic rings. The van der Waals surface area contributed by atoms with Crippen LogP contribution in [0.15, 0.2) is 24.3 Å². The van der Waals surface area contributed by atoms with Crippen molar-refractivity contribution in [1.82, 2.24) is 4.90 Å². The number of ether oxygens (including phenoxy) is 2. The van der Waals surface area contributed by atoms with Crippen LogP contribution in [0.1, 0.15) is 12.8 Å². The summed E-state index contributed by atoms with van der Waals surface area (Å²) in [4.78, 5) is 13.0. The van der Waals surface area contributed by atoms with Crippen LogP contribution in [0, 0.1) is 5.92 Å². The fraction of sp³-hybridized carbons (Fsp3) is 0.533. The highest BCUT2D eigenvalue weighted by Crippen LogP contribution is 2.25. The minimum atomic E-state index is 0.256. The van der Waals surface area contributed by atoms with Crippen molar-refractivity contribution >= 4 is 6.29 Å². The largest absolute Gasteiger partial charge is 0.493 e. The molecular weight excluding hydrogens is 242 g/mol. The minimum absolute atomic E-state index is 0.256. The number of para-hydroxylation sites is 2. The lowest BCUT2D eigenvalue weighted by Crippen LogP contribution is -2.36. The van der Waals surface area contributed by atoms with Crippen LogP contribution in [-0.2, 0) is 4.79 Å². The van der Waals surface area contributed by atoms with Gasteiger partial charge in [0.05, 0.1) is 7.11 Å². The van der Waals surface area contributed by atoms with Gasteiger partial charge in [0, 0.05) is 12.5 Å². The van der Waals surface area contributed by atoms with Crippen molar-refractivity contribution in [3.63, 3.8) is 0 Å². The van der Waals surface area contributed by atoms with Crippen LogP contribution >= 0.6 is 0 Å². The third kappa shape index (κ3) is 3.96. The first-order valence-electron chi connectivity index (χ1n) is 6.77. The number of aldehydes is 1. The summed E-state index contributed by atoms with van der Waals surface area (Å²) in [6.07, 6.45) is 3.03. The molecular formula is C15H21NO3. The van der Waals surface area contributed by atoms with Gasteiger partial charge >= 0.3 is 0 Å². The molecule has 0 radical (unpaired) electrons. The maximum Gasteiger partial charge on any atom is 0.161 e. The molecule has 4 heteroatoms. The van der Waals surface area contributed by atoms with Crippen molar-refractivity contribution in [2.45, 2.75) is 12.8 Å². The van der Waals surface area contributed by atoms with E-state index in [0.29, 0.717) is 6.61 Å². The zero-order chi connectivity index (χ0) is 13.5. The highest BCUT2D eigenvalue weighted by molar-refractivity contribution is 5.53. The lowest BCUT2D eigenvalue weighted by Gasteiger charge is -2.29. The topological polar surface area (TPSA) is 38.8 Å². The Morgan fingerprint density at radius 2 is 1.95 bits per heavy atom. The molecule has 2 rings (SSSR count). The average molecular weight is 263 g/mol. The van der Waals surface area contributed by atoms with Gasteiger partial charge in [-0.2, -0.15) is 0 Å². The van der Waals surface area contributed by atoms with Crippen molar-refractivity contribution in [2.24, 2.45) is 5.92 Å². The highest BCUT2D eigenvalue weighted by Gasteiger charge is 2.18. The number of carbonyl (C=O) groups excluding carboxylic acids is 1. The smallest absolute Gasteiger partial charge is 0.161 e. The van der Waals surface area contributed by atoms with Crippen molar-refractivity contribution < 1.29 is 14.3 Å². The van der Waals surface area contributed by atoms with Gasteiger partial charge in [-0.1, -0.05) is 12.1 Å². The Balaban J connectivity index is 1.73. The fourth-order valence-electron chi connectivity index (χ4n) is 2.34. The van der Waals surface area contributed by atoms with Crippen LogP contribution in [0.5, 0.6) is 11.5 Å². The number of hydrogen-bond donors (Lipinski definition) is 0. The van der Waals surface area contributed by atoms with Gasteiger partial charge in [-0.3, -0.25) is 4.90 Å². The third-order valence-electron chi connectivity index (χ3n) is 3.56. The van der Waals surface area contributed by atoms with E-state index in [0.717, 1.165) is 50.3 Å². The van der Waals surface area contributed by atoms with Crippen LogP contribution in [0.3, 0.4) is 0 Å². The predicted octanol–water partition coefficient (Wildman–Crippen LogP) is 1.98. The molecule has 1 aliphatic heterocycles. The first kappa shape index (κ1) is 13.9. The molecule has 0 atom stereocenters. The summed E-state index contributed by atoms with van der Waals surface area (Å²) in [7, 11) is 1.65. The molecule has 1 fully saturated rings. The second-order valence-corrected chi connectivity index (χ2v) is 4.81. The van der Waals surface area contributed by atoms with E-state index >= 15 is 0 Å². The normalized spacial score (nSPS) is 17.1. The number of hydrogen-bond acceptors (Lipinski definition) is 4. The van der Waals surface area contributed by atoms with E-state index in [9.17, 15) is 4.79 Å². The zero-order valence-corrected chi connectivity index (χ0v) is 11.4. The van der Waals surface area contributed by atoms with Gasteiger partial charge in [-0.05, 0) is 38.1 Å². The summed E-state index contributed by atoms with van der Waals surface area (Å²) in [6.45, 7) is 3.51. The first-order chi connectivity index (χ1) is 9.33. The molecule has 0 N–H and O–H groups in total. The quantitative estimate of drug-likeness (QED) is 0.736. The summed E-state index contributed by atoms with van der Waals surface area (Å²) in [5.41, 5.74) is 0. The molecule has 1 saturated heterocycles. The maximum absolute atomic E-state index is 10.7. The molecule has 0 spiro atoms. The SMILES string of the molecule is COc1ccccc1OCCN1CCC(C=O)CC1. The second-order valence-electron chi connectivity index (χ2n) is 4.81. The van der Waals surface area contributed by atoms with E-state index in [1.165, 1.54) is 0 Å². The van der Waals surface area contributed by atoms with Crippen molar-refractivity contribution in [1.29, 1.82) is 0 Å². The number of benzene rings is 1. The Morgan fingerprint density at radius 1 is 1.26 bits per heavy atom. The van der Waals surface area contributed by atoms with E-state index in [1.54, 1.807) is 7.11 Å². The van der Waals surface area contributed by atoms with Gasteiger partial charge in [-0.25, -0.2) is 0 Å². The fourth-order valence-corrected chi connectivity index (χ4v) is 2.34. The standard InChI is InChI=1S/C15H21NO3/c1-18-14-4-2-3-5-15(14)19-11-10-16-8-6-13(12-17)7-9-16/h2-5,12-13H,6-11H2,1H3. The number of rotatable bonds is 6. The van der Waals surface area contributed by atoms with E-state index in [4.69, 9.17) is 9.47 Å². The van der Waals surface area contributed by atoms with E-state index in [2.05, 4.69) is 4.90 Å². The van der Waals surface area contributed by atoms with Crippen LogP contribution in [0.2, 0.25) is 0 Å². The molecule has 0 amide bonds. The van der Waals surface area contributed by atoms with Gasteiger partial charge in [0.2, 0.25) is 0 Å². The monoisotopic (exact) mass is 263 g/mol. The molecule has 19 heavy (non-hydrogen) atoms. The van der Waals surface area contributed by atoms with Gasteiger partial charge < -0.3 is 14.3 Å². The lowest BCUT2D eigenvalue weighted by atomic mass is 9.99. The minimum Gasteiger partial charge on any atom is -0.493 e. The molecule has 1 heterocycles. The number of carbonyl (C=O) groups is 1. The Labute approximate surface area is 114 Å². The first-order valence-corrected chi connectivity index (χ1v) is 6.77. The number of nitrogens with zero attached hydrogens (tertiary/aromatic N) is 1. The van der Waals surface area contributed by atoms with Gasteiger partial charge in [0.25, 0.3) is 0 Å². The third-order valence-corrected chi connectivity index (χ3v) is 3.56. The van der Waals surface area contributed by atoms with Crippen LogP contribution in [0.4, 0.5) is 0 Å². The predicted molar refractivity (Wildman–Crippen MR) is 73.7 cm³/mol. The van der Waals surface area contributed by atoms with E-state index < -0.39 is 0 Å². The number of methoxy groups -OCH3 is 1. The van der Waals surface area contributed by atoms with Crippen molar-refractivity contribution in [2.75, 3.05) is 33.4 Å². The lowest BCUT2D eigenvalue weighted by molar-refractivity contribution is -0.112. The van der Waals surface area contributed by atoms with Gasteiger partial charge in [0.1, 0.15) is 12.9 Å². The summed E-state index contributed by atoms with van der Waals surface area (Å²) in [5, 5.41) is 0.